The minimum atomic E-state index is 0.0794. The Morgan fingerprint density at radius 1 is 0.614 bits per heavy atom. The minimum absolute atomic E-state index is 0.0794. The molecule has 0 amide bonds. The lowest BCUT2D eigenvalue weighted by Gasteiger charge is -2.23. The third kappa shape index (κ3) is 4.46. The predicted octanol–water partition coefficient (Wildman–Crippen LogP) is 11.0. The van der Waals surface area contributed by atoms with Crippen LogP contribution in [-0.2, 0) is 5.41 Å². The number of dihydropyridines is 1. The first-order chi connectivity index (χ1) is 21.4. The van der Waals surface area contributed by atoms with Crippen LogP contribution in [0.5, 0.6) is 0 Å². The molecule has 1 N–H and O–H groups in total. The Morgan fingerprint density at radius 2 is 1.25 bits per heavy atom. The second-order valence-electron chi connectivity index (χ2n) is 12.9. The molecule has 6 aromatic carbocycles. The topological polar surface area (TPSA) is 24.9 Å². The van der Waals surface area contributed by atoms with E-state index in [4.69, 9.17) is 0 Å². The van der Waals surface area contributed by atoms with Gasteiger partial charge in [0.15, 0.2) is 0 Å². The summed E-state index contributed by atoms with van der Waals surface area (Å²) in [6, 6.07) is 40.7. The SMILES string of the molecule is CC(C)(C)c1cc2ccc3c(-c4ccc(-c5ccccn5)cc4)cc(-c4ccc(C5C=CC=CN5)cc4)c4ccc(c1)c2c34. The Hall–Kier alpha value is -5.21. The molecule has 8 rings (SSSR count). The van der Waals surface area contributed by atoms with Gasteiger partial charge in [-0.05, 0) is 102 Å². The van der Waals surface area contributed by atoms with E-state index in [0.717, 1.165) is 11.3 Å². The highest BCUT2D eigenvalue weighted by Crippen LogP contribution is 2.45. The Morgan fingerprint density at radius 3 is 1.82 bits per heavy atom. The molecule has 44 heavy (non-hydrogen) atoms. The fourth-order valence-electron chi connectivity index (χ4n) is 6.70. The third-order valence-corrected chi connectivity index (χ3v) is 9.11. The van der Waals surface area contributed by atoms with Crippen molar-refractivity contribution in [1.29, 1.82) is 0 Å². The van der Waals surface area contributed by atoms with Gasteiger partial charge >= 0.3 is 0 Å². The molecule has 212 valence electrons. The summed E-state index contributed by atoms with van der Waals surface area (Å²) in [4.78, 5) is 4.56. The first-order valence-corrected chi connectivity index (χ1v) is 15.4. The summed E-state index contributed by atoms with van der Waals surface area (Å²) in [6.45, 7) is 6.88. The number of aromatic nitrogens is 1. The van der Waals surface area contributed by atoms with Crippen molar-refractivity contribution in [1.82, 2.24) is 10.3 Å². The second-order valence-corrected chi connectivity index (χ2v) is 12.9. The molecule has 0 bridgehead atoms. The maximum absolute atomic E-state index is 4.56. The zero-order valence-corrected chi connectivity index (χ0v) is 25.3. The third-order valence-electron chi connectivity index (χ3n) is 9.11. The van der Waals surface area contributed by atoms with Crippen molar-refractivity contribution in [3.63, 3.8) is 0 Å². The van der Waals surface area contributed by atoms with Crippen LogP contribution < -0.4 is 5.32 Å². The molecule has 1 aromatic heterocycles. The van der Waals surface area contributed by atoms with Gasteiger partial charge in [-0.3, -0.25) is 4.98 Å². The summed E-state index contributed by atoms with van der Waals surface area (Å²) < 4.78 is 0. The van der Waals surface area contributed by atoms with Gasteiger partial charge in [-0.25, -0.2) is 0 Å². The molecule has 1 atom stereocenters. The number of nitrogens with one attached hydrogen (secondary N) is 1. The van der Waals surface area contributed by atoms with Gasteiger partial charge in [0.2, 0.25) is 0 Å². The highest BCUT2D eigenvalue weighted by atomic mass is 14.9. The number of nitrogens with zero attached hydrogens (tertiary/aromatic N) is 1. The Balaban J connectivity index is 1.36. The predicted molar refractivity (Wildman–Crippen MR) is 187 cm³/mol. The zero-order chi connectivity index (χ0) is 29.8. The number of hydrogen-bond acceptors (Lipinski definition) is 2. The quantitative estimate of drug-likeness (QED) is 0.214. The molecule has 0 radical (unpaired) electrons. The summed E-state index contributed by atoms with van der Waals surface area (Å²) in [5.41, 5.74) is 9.76. The van der Waals surface area contributed by atoms with E-state index in [1.807, 2.05) is 30.6 Å². The van der Waals surface area contributed by atoms with Gasteiger partial charge in [0, 0.05) is 11.8 Å². The molecular weight excluding hydrogens is 532 g/mol. The van der Waals surface area contributed by atoms with Gasteiger partial charge in [0.1, 0.15) is 0 Å². The first-order valence-electron chi connectivity index (χ1n) is 15.4. The van der Waals surface area contributed by atoms with Crippen LogP contribution in [-0.4, -0.2) is 4.98 Å². The Kier molecular flexibility index (Phi) is 6.13. The number of hydrogen-bond donors (Lipinski definition) is 1. The van der Waals surface area contributed by atoms with E-state index in [1.165, 1.54) is 65.7 Å². The normalized spacial score (nSPS) is 14.9. The van der Waals surface area contributed by atoms with Crippen molar-refractivity contribution in [2.24, 2.45) is 0 Å². The largest absolute Gasteiger partial charge is 0.381 e. The molecule has 1 aliphatic heterocycles. The number of rotatable bonds is 4. The van der Waals surface area contributed by atoms with Crippen LogP contribution in [0.25, 0.3) is 65.8 Å². The van der Waals surface area contributed by atoms with Gasteiger partial charge in [0.05, 0.1) is 11.7 Å². The molecule has 0 saturated heterocycles. The van der Waals surface area contributed by atoms with Gasteiger partial charge in [-0.1, -0.05) is 124 Å². The molecular formula is C42H34N2. The molecule has 0 saturated carbocycles. The van der Waals surface area contributed by atoms with E-state index in [2.05, 4.69) is 140 Å². The monoisotopic (exact) mass is 566 g/mol. The van der Waals surface area contributed by atoms with Crippen LogP contribution in [0.1, 0.15) is 37.9 Å². The van der Waals surface area contributed by atoms with Crippen LogP contribution in [0.4, 0.5) is 0 Å². The number of pyridine rings is 1. The lowest BCUT2D eigenvalue weighted by Crippen LogP contribution is -2.14. The van der Waals surface area contributed by atoms with Crippen molar-refractivity contribution < 1.29 is 0 Å². The summed E-state index contributed by atoms with van der Waals surface area (Å²) in [6.07, 6.45) is 10.2. The van der Waals surface area contributed by atoms with Crippen LogP contribution >= 0.6 is 0 Å². The summed E-state index contributed by atoms with van der Waals surface area (Å²) in [5.74, 6) is 0. The second kappa shape index (κ2) is 10.2. The van der Waals surface area contributed by atoms with E-state index >= 15 is 0 Å². The van der Waals surface area contributed by atoms with E-state index in [0.29, 0.717) is 0 Å². The van der Waals surface area contributed by atoms with Crippen LogP contribution in [0.3, 0.4) is 0 Å². The minimum Gasteiger partial charge on any atom is -0.381 e. The van der Waals surface area contributed by atoms with Crippen molar-refractivity contribution in [2.45, 2.75) is 32.2 Å². The molecule has 2 heteroatoms. The molecule has 1 unspecified atom stereocenters. The van der Waals surface area contributed by atoms with E-state index < -0.39 is 0 Å². The lowest BCUT2D eigenvalue weighted by atomic mass is 9.81. The fourth-order valence-corrected chi connectivity index (χ4v) is 6.70. The summed E-state index contributed by atoms with van der Waals surface area (Å²) in [7, 11) is 0. The average Bonchev–Trinajstić information content (AvgIpc) is 3.07. The molecule has 1 aliphatic rings. The molecule has 0 spiro atoms. The molecule has 0 aliphatic carbocycles. The van der Waals surface area contributed by atoms with Gasteiger partial charge in [0.25, 0.3) is 0 Å². The highest BCUT2D eigenvalue weighted by Gasteiger charge is 2.20. The van der Waals surface area contributed by atoms with Crippen molar-refractivity contribution in [3.8, 4) is 33.5 Å². The van der Waals surface area contributed by atoms with E-state index in [-0.39, 0.29) is 11.5 Å². The van der Waals surface area contributed by atoms with Gasteiger partial charge < -0.3 is 5.32 Å². The van der Waals surface area contributed by atoms with E-state index in [1.54, 1.807) is 0 Å². The smallest absolute Gasteiger partial charge is 0.0701 e. The van der Waals surface area contributed by atoms with Gasteiger partial charge in [-0.15, -0.1) is 0 Å². The Labute approximate surface area is 258 Å². The maximum Gasteiger partial charge on any atom is 0.0701 e. The molecule has 0 fully saturated rings. The Bertz CT molecular complexity index is 2180. The zero-order valence-electron chi connectivity index (χ0n) is 25.3. The molecule has 2 nitrogen and oxygen atoms in total. The van der Waals surface area contributed by atoms with Crippen LogP contribution in [0.2, 0.25) is 0 Å². The van der Waals surface area contributed by atoms with Crippen LogP contribution in [0.15, 0.2) is 140 Å². The summed E-state index contributed by atoms with van der Waals surface area (Å²) in [5, 5.41) is 11.3. The molecule has 2 heterocycles. The van der Waals surface area contributed by atoms with Crippen molar-refractivity contribution in [2.75, 3.05) is 0 Å². The average molecular weight is 567 g/mol. The van der Waals surface area contributed by atoms with Crippen molar-refractivity contribution in [3.05, 3.63) is 151 Å². The standard InChI is InChI=1S/C42H34N2/c1-42(2,3)33-24-31-18-20-34-36(27-10-14-29(15-11-27)38-8-4-6-22-43-38)26-37(35-21-19-32(25-33)40(31)41(34)35)28-12-16-30(17-13-28)39-9-5-7-23-44-39/h4-26,38,43H,1-3H3. The fraction of sp³-hybridized carbons (Fsp3) is 0.119. The first kappa shape index (κ1) is 26.4. The van der Waals surface area contributed by atoms with Gasteiger partial charge in [-0.2, -0.15) is 0 Å². The molecule has 7 aromatic rings. The van der Waals surface area contributed by atoms with Crippen LogP contribution in [0, 0.1) is 0 Å². The van der Waals surface area contributed by atoms with E-state index in [9.17, 15) is 0 Å². The highest BCUT2D eigenvalue weighted by molar-refractivity contribution is 6.28. The maximum atomic E-state index is 4.56. The number of benzene rings is 6. The number of allylic oxidation sites excluding steroid dienone is 2. The van der Waals surface area contributed by atoms with Crippen molar-refractivity contribution >= 4 is 32.3 Å². The summed E-state index contributed by atoms with van der Waals surface area (Å²) >= 11 is 0. The lowest BCUT2D eigenvalue weighted by molar-refractivity contribution is 0.591.